The van der Waals surface area contributed by atoms with E-state index in [1.807, 2.05) is 11.0 Å². The molecule has 2 rings (SSSR count). The van der Waals surface area contributed by atoms with Gasteiger partial charge in [0.2, 0.25) is 23.7 Å². The highest BCUT2D eigenvalue weighted by Gasteiger charge is 2.50. The predicted molar refractivity (Wildman–Crippen MR) is 162 cm³/mol. The number of amides is 2. The maximum Gasteiger partial charge on any atom is 0.356 e. The van der Waals surface area contributed by atoms with Crippen molar-refractivity contribution in [3.63, 3.8) is 0 Å². The maximum absolute atomic E-state index is 12.9. The molecule has 2 amide bonds. The van der Waals surface area contributed by atoms with Crippen LogP contribution in [0.25, 0.3) is 0 Å². The Balaban J connectivity index is 1.84. The molecule has 2 fully saturated rings. The number of aliphatic hydroxyl groups is 10. The number of hydrogen-bond donors (Lipinski definition) is 14. The van der Waals surface area contributed by atoms with Crippen LogP contribution in [-0.4, -0.2) is 221 Å². The molecule has 0 saturated carbocycles. The summed E-state index contributed by atoms with van der Waals surface area (Å²) in [5.41, 5.74) is 3.80. The second-order valence-corrected chi connectivity index (χ2v) is 11.3. The van der Waals surface area contributed by atoms with Crippen molar-refractivity contribution in [2.24, 2.45) is 0 Å². The van der Waals surface area contributed by atoms with Crippen LogP contribution in [0.15, 0.2) is 12.2 Å². The molecule has 284 valence electrons. The Labute approximate surface area is 283 Å². The topological polar surface area (TPSA) is 374 Å². The lowest BCUT2D eigenvalue weighted by molar-refractivity contribution is -0.188. The van der Waals surface area contributed by atoms with Gasteiger partial charge in [-0.05, 0) is 0 Å². The number of carbonyl (C=O) groups excluding carboxylic acids is 4. The van der Waals surface area contributed by atoms with Gasteiger partial charge in [0, 0.05) is 26.2 Å². The summed E-state index contributed by atoms with van der Waals surface area (Å²) >= 11 is 0. The van der Waals surface area contributed by atoms with Crippen molar-refractivity contribution < 1.29 is 79.9 Å². The lowest BCUT2D eigenvalue weighted by Gasteiger charge is -2.48. The zero-order chi connectivity index (χ0) is 38.0. The number of carbonyl (C=O) groups is 4. The van der Waals surface area contributed by atoms with Crippen molar-refractivity contribution in [2.45, 2.75) is 60.8 Å². The summed E-state index contributed by atoms with van der Waals surface area (Å²) in [5, 5.41) is 115. The zero-order valence-corrected chi connectivity index (χ0v) is 26.9. The lowest BCUT2D eigenvalue weighted by Crippen LogP contribution is -2.70. The highest BCUT2D eigenvalue weighted by atomic mass is 16.7. The number of piperidine rings is 2. The van der Waals surface area contributed by atoms with Crippen molar-refractivity contribution >= 4 is 35.7 Å². The molecule has 24 heteroatoms. The Hall–Kier alpha value is -4.24. The molecule has 0 radical (unpaired) electrons. The van der Waals surface area contributed by atoms with E-state index < -0.39 is 136 Å². The summed E-state index contributed by atoms with van der Waals surface area (Å²) in [4.78, 5) is 62.4. The molecule has 2 heterocycles. The third-order valence-electron chi connectivity index (χ3n) is 8.09. The second-order valence-electron chi connectivity index (χ2n) is 11.3. The number of nitrogens with zero attached hydrogens (tertiary/aromatic N) is 4. The number of hydrogen-bond acceptors (Lipinski definition) is 18. The number of guanidine groups is 2. The summed E-state index contributed by atoms with van der Waals surface area (Å²) in [6.07, 6.45) is -9.39. The van der Waals surface area contributed by atoms with E-state index in [2.05, 4.69) is 9.68 Å². The molecule has 0 aromatic carbocycles. The summed E-state index contributed by atoms with van der Waals surface area (Å²) in [5.74, 6) is -5.61. The number of rotatable bonds is 10. The van der Waals surface area contributed by atoms with Crippen LogP contribution in [0.2, 0.25) is 0 Å². The molecule has 0 aromatic heterocycles. The van der Waals surface area contributed by atoms with Crippen LogP contribution in [0.4, 0.5) is 0 Å². The first-order valence-electron chi connectivity index (χ1n) is 14.8. The standard InChI is InChI=1S/C26H44N8O16/c1-31(5-15(39)33-11(7-35)19(43)23(47)20(44)12(33)8-36)25(27)29-49-17(41)3-4-18(42)50-30-26(28)32(2)6-16(40)34-13(9-37)21(45)24(48)22(46)14(34)10-38/h3-4,11-14,19-24,35-38,43-48H,5-10H2,1-2H3,(H2,27,29)(H2,28,30)/b4-3-/t11-,12-,13-,14-,19-,20+,21-,22+,23-,24-/m1/s1. The molecule has 2 saturated heterocycles. The number of likely N-dealkylation sites (tertiary alicyclic amines) is 2. The molecule has 2 aliphatic heterocycles. The van der Waals surface area contributed by atoms with Crippen LogP contribution < -0.4 is 11.0 Å². The summed E-state index contributed by atoms with van der Waals surface area (Å²) in [7, 11) is 2.40. The molecular formula is C26H44N8O16. The fourth-order valence-electron chi connectivity index (χ4n) is 5.27. The fourth-order valence-corrected chi connectivity index (χ4v) is 5.27. The van der Waals surface area contributed by atoms with Gasteiger partial charge in [0.05, 0.1) is 63.7 Å². The molecule has 2 aliphatic rings. The highest BCUT2D eigenvalue weighted by Crippen LogP contribution is 2.26. The van der Waals surface area contributed by atoms with Crippen molar-refractivity contribution in [3.8, 4) is 0 Å². The average Bonchev–Trinajstić information content (AvgIpc) is 3.09. The van der Waals surface area contributed by atoms with Gasteiger partial charge in [-0.3, -0.25) is 20.4 Å². The Bertz CT molecular complexity index is 1130. The van der Waals surface area contributed by atoms with Crippen molar-refractivity contribution in [1.82, 2.24) is 30.6 Å². The van der Waals surface area contributed by atoms with Crippen LogP contribution >= 0.6 is 0 Å². The van der Waals surface area contributed by atoms with Crippen LogP contribution in [0.3, 0.4) is 0 Å². The zero-order valence-electron chi connectivity index (χ0n) is 26.9. The smallest absolute Gasteiger partial charge is 0.356 e. The van der Waals surface area contributed by atoms with Gasteiger partial charge < -0.3 is 80.3 Å². The molecule has 0 unspecified atom stereocenters. The maximum atomic E-state index is 12.9. The molecule has 0 spiro atoms. The minimum Gasteiger partial charge on any atom is -0.394 e. The molecule has 0 aromatic rings. The first-order valence-corrected chi connectivity index (χ1v) is 14.8. The van der Waals surface area contributed by atoms with E-state index in [9.17, 15) is 70.2 Å². The molecule has 24 nitrogen and oxygen atoms in total. The van der Waals surface area contributed by atoms with Crippen molar-refractivity contribution in [1.29, 1.82) is 10.8 Å². The Morgan fingerprint density at radius 1 is 0.580 bits per heavy atom. The summed E-state index contributed by atoms with van der Waals surface area (Å²) < 4.78 is 0. The molecule has 0 aliphatic carbocycles. The minimum atomic E-state index is -1.76. The fraction of sp³-hybridized carbons (Fsp3) is 0.692. The summed E-state index contributed by atoms with van der Waals surface area (Å²) in [6.45, 7) is -4.61. The largest absolute Gasteiger partial charge is 0.394 e. The van der Waals surface area contributed by atoms with Crippen LogP contribution in [0.5, 0.6) is 0 Å². The van der Waals surface area contributed by atoms with Crippen LogP contribution in [-0.2, 0) is 28.9 Å². The van der Waals surface area contributed by atoms with E-state index in [1.54, 1.807) is 0 Å². The van der Waals surface area contributed by atoms with Crippen molar-refractivity contribution in [3.05, 3.63) is 12.2 Å². The third-order valence-corrected chi connectivity index (χ3v) is 8.09. The van der Waals surface area contributed by atoms with Gasteiger partial charge in [0.25, 0.3) is 0 Å². The second kappa shape index (κ2) is 18.7. The number of likely N-dealkylation sites (N-methyl/N-ethyl adjacent to an activating group) is 2. The first kappa shape index (κ1) is 41.9. The Kier molecular flexibility index (Phi) is 15.7. The lowest BCUT2D eigenvalue weighted by atomic mass is 9.88. The normalized spacial score (nSPS) is 29.6. The van der Waals surface area contributed by atoms with E-state index in [0.29, 0.717) is 12.2 Å². The molecule has 14 N–H and O–H groups in total. The van der Waals surface area contributed by atoms with E-state index in [1.165, 1.54) is 14.1 Å². The number of aliphatic hydroxyl groups excluding tert-OH is 10. The van der Waals surface area contributed by atoms with Crippen LogP contribution in [0.1, 0.15) is 0 Å². The van der Waals surface area contributed by atoms with E-state index in [4.69, 9.17) is 10.8 Å². The van der Waals surface area contributed by atoms with Gasteiger partial charge >= 0.3 is 11.9 Å². The Morgan fingerprint density at radius 3 is 1.08 bits per heavy atom. The van der Waals surface area contributed by atoms with E-state index >= 15 is 0 Å². The minimum absolute atomic E-state index is 0.553. The van der Waals surface area contributed by atoms with Gasteiger partial charge in [-0.1, -0.05) is 0 Å². The number of nitrogens with one attached hydrogen (secondary N) is 4. The molecular weight excluding hydrogens is 680 g/mol. The average molecular weight is 725 g/mol. The molecule has 0 bridgehead atoms. The van der Waals surface area contributed by atoms with Crippen LogP contribution in [0, 0.1) is 10.8 Å². The molecule has 10 atom stereocenters. The monoisotopic (exact) mass is 724 g/mol. The van der Waals surface area contributed by atoms with Gasteiger partial charge in [-0.25, -0.2) is 9.59 Å². The number of hydroxylamine groups is 2. The van der Waals surface area contributed by atoms with Crippen molar-refractivity contribution in [2.75, 3.05) is 53.6 Å². The van der Waals surface area contributed by atoms with Gasteiger partial charge in [0.15, 0.2) is 0 Å². The quantitative estimate of drug-likeness (QED) is 0.0430. The van der Waals surface area contributed by atoms with Gasteiger partial charge in [-0.2, -0.15) is 11.0 Å². The van der Waals surface area contributed by atoms with Gasteiger partial charge in [-0.15, -0.1) is 0 Å². The van der Waals surface area contributed by atoms with Gasteiger partial charge in [0.1, 0.15) is 36.6 Å². The SMILES string of the molecule is CN(CC(=O)N1[C@H](CO)[C@H](O)[C@H](O)[C@H](O)[C@H]1CO)C(=N)NOC(=O)/C=C\C(=O)ONC(=N)N(C)CC(=O)N1[C@H](CO)[C@H](O)[C@H](O)[C@H](O)[C@H]1CO. The van der Waals surface area contributed by atoms with E-state index in [0.717, 1.165) is 19.6 Å². The Morgan fingerprint density at radius 2 is 0.840 bits per heavy atom. The highest BCUT2D eigenvalue weighted by molar-refractivity contribution is 5.93. The van der Waals surface area contributed by atoms with E-state index in [-0.39, 0.29) is 0 Å². The predicted octanol–water partition coefficient (Wildman–Crippen LogP) is -9.34. The third kappa shape index (κ3) is 9.71. The summed E-state index contributed by atoms with van der Waals surface area (Å²) in [6, 6.07) is -5.57. The molecule has 50 heavy (non-hydrogen) atoms. The first-order chi connectivity index (χ1) is 23.5.